The van der Waals surface area contributed by atoms with Crippen molar-refractivity contribution in [3.8, 4) is 0 Å². The lowest BCUT2D eigenvalue weighted by Gasteiger charge is -2.40. The van der Waals surface area contributed by atoms with E-state index in [0.29, 0.717) is 16.9 Å². The summed E-state index contributed by atoms with van der Waals surface area (Å²) >= 11 is 0. The zero-order chi connectivity index (χ0) is 14.0. The summed E-state index contributed by atoms with van der Waals surface area (Å²) in [5, 5.41) is 4.05. The lowest BCUT2D eigenvalue weighted by atomic mass is 9.69. The minimum atomic E-state index is 0.506. The van der Waals surface area contributed by atoms with Crippen molar-refractivity contribution in [1.82, 2.24) is 5.32 Å². The van der Waals surface area contributed by atoms with Crippen molar-refractivity contribution in [3.63, 3.8) is 0 Å². The van der Waals surface area contributed by atoms with Gasteiger partial charge in [-0.05, 0) is 60.0 Å². The average molecular weight is 269 g/mol. The van der Waals surface area contributed by atoms with Crippen LogP contribution in [0.25, 0.3) is 0 Å². The molecule has 0 spiro atoms. The molecule has 0 aromatic heterocycles. The van der Waals surface area contributed by atoms with Crippen LogP contribution in [0.2, 0.25) is 0 Å². The summed E-state index contributed by atoms with van der Waals surface area (Å²) < 4.78 is 0. The second kappa shape index (κ2) is 4.10. The predicted octanol–water partition coefficient (Wildman–Crippen LogP) is 3.96. The van der Waals surface area contributed by atoms with Crippen molar-refractivity contribution in [2.75, 3.05) is 0 Å². The quantitative estimate of drug-likeness (QED) is 0.857. The fraction of sp³-hybridized carbons (Fsp3) is 0.684. The molecular formula is C19H27N. The van der Waals surface area contributed by atoms with Crippen LogP contribution < -0.4 is 5.32 Å². The average Bonchev–Trinajstić information content (AvgIpc) is 2.97. The van der Waals surface area contributed by atoms with Crippen LogP contribution >= 0.6 is 0 Å². The van der Waals surface area contributed by atoms with E-state index in [9.17, 15) is 0 Å². The van der Waals surface area contributed by atoms with Crippen molar-refractivity contribution in [1.29, 1.82) is 0 Å². The first-order valence-corrected chi connectivity index (χ1v) is 8.33. The number of nitrogens with one attached hydrogen (secondary N) is 1. The Bertz CT molecular complexity index is 507. The van der Waals surface area contributed by atoms with Crippen molar-refractivity contribution in [2.24, 2.45) is 16.7 Å². The number of fused-ring (bicyclic) bond motifs is 3. The predicted molar refractivity (Wildman–Crippen MR) is 83.8 cm³/mol. The number of hydrogen-bond donors (Lipinski definition) is 1. The van der Waals surface area contributed by atoms with Crippen molar-refractivity contribution in [3.05, 3.63) is 35.4 Å². The molecule has 3 unspecified atom stereocenters. The van der Waals surface area contributed by atoms with E-state index in [2.05, 4.69) is 50.4 Å². The molecule has 3 aliphatic carbocycles. The van der Waals surface area contributed by atoms with Gasteiger partial charge in [0.1, 0.15) is 0 Å². The third kappa shape index (κ3) is 1.59. The molecule has 0 heterocycles. The van der Waals surface area contributed by atoms with Crippen LogP contribution in [-0.2, 0) is 12.8 Å². The van der Waals surface area contributed by atoms with Gasteiger partial charge in [-0.3, -0.25) is 0 Å². The maximum atomic E-state index is 4.05. The van der Waals surface area contributed by atoms with E-state index >= 15 is 0 Å². The first kappa shape index (κ1) is 12.9. The van der Waals surface area contributed by atoms with E-state index < -0.39 is 0 Å². The van der Waals surface area contributed by atoms with Gasteiger partial charge >= 0.3 is 0 Å². The van der Waals surface area contributed by atoms with Crippen LogP contribution in [-0.4, -0.2) is 12.1 Å². The zero-order valence-corrected chi connectivity index (χ0v) is 13.1. The summed E-state index contributed by atoms with van der Waals surface area (Å²) in [5.41, 5.74) is 4.16. The van der Waals surface area contributed by atoms with Gasteiger partial charge in [-0.1, -0.05) is 45.0 Å². The van der Waals surface area contributed by atoms with E-state index in [1.807, 2.05) is 0 Å². The minimum Gasteiger partial charge on any atom is -0.310 e. The van der Waals surface area contributed by atoms with Crippen LogP contribution in [0.15, 0.2) is 24.3 Å². The second-order valence-electron chi connectivity index (χ2n) is 8.20. The fourth-order valence-electron chi connectivity index (χ4n) is 5.42. The summed E-state index contributed by atoms with van der Waals surface area (Å²) in [6.45, 7) is 7.56. The van der Waals surface area contributed by atoms with Crippen LogP contribution in [0.5, 0.6) is 0 Å². The third-order valence-electron chi connectivity index (χ3n) is 7.28. The molecule has 1 aromatic rings. The topological polar surface area (TPSA) is 12.0 Å². The second-order valence-corrected chi connectivity index (χ2v) is 8.20. The summed E-state index contributed by atoms with van der Waals surface area (Å²) in [4.78, 5) is 0. The molecule has 0 amide bonds. The zero-order valence-electron chi connectivity index (χ0n) is 13.1. The summed E-state index contributed by atoms with van der Waals surface area (Å²) in [7, 11) is 0. The molecule has 4 rings (SSSR count). The van der Waals surface area contributed by atoms with E-state index in [0.717, 1.165) is 12.0 Å². The molecule has 2 fully saturated rings. The van der Waals surface area contributed by atoms with Gasteiger partial charge in [0.15, 0.2) is 0 Å². The third-order valence-corrected chi connectivity index (χ3v) is 7.28. The molecule has 1 N–H and O–H groups in total. The maximum Gasteiger partial charge on any atom is 0.0151 e. The molecule has 0 radical (unpaired) electrons. The monoisotopic (exact) mass is 269 g/mol. The Morgan fingerprint density at radius 2 is 1.70 bits per heavy atom. The van der Waals surface area contributed by atoms with Gasteiger partial charge in [-0.25, -0.2) is 0 Å². The van der Waals surface area contributed by atoms with Crippen LogP contribution in [0.3, 0.4) is 0 Å². The van der Waals surface area contributed by atoms with E-state index in [4.69, 9.17) is 0 Å². The molecule has 2 saturated carbocycles. The molecule has 3 aliphatic rings. The summed E-state index contributed by atoms with van der Waals surface area (Å²) in [6.07, 6.45) is 6.73. The van der Waals surface area contributed by atoms with Gasteiger partial charge in [-0.15, -0.1) is 0 Å². The van der Waals surface area contributed by atoms with E-state index in [-0.39, 0.29) is 0 Å². The molecule has 1 heteroatoms. The summed E-state index contributed by atoms with van der Waals surface area (Å²) in [6, 6.07) is 10.4. The lowest BCUT2D eigenvalue weighted by molar-refractivity contribution is 0.115. The molecule has 20 heavy (non-hydrogen) atoms. The molecule has 2 bridgehead atoms. The molecule has 3 atom stereocenters. The van der Waals surface area contributed by atoms with Crippen LogP contribution in [0.1, 0.15) is 51.2 Å². The highest BCUT2D eigenvalue weighted by Crippen LogP contribution is 2.65. The number of benzene rings is 1. The van der Waals surface area contributed by atoms with Gasteiger partial charge in [0, 0.05) is 12.1 Å². The largest absolute Gasteiger partial charge is 0.310 e. The Kier molecular flexibility index (Phi) is 2.64. The Hall–Kier alpha value is -0.820. The Balaban J connectivity index is 1.50. The van der Waals surface area contributed by atoms with Gasteiger partial charge in [-0.2, -0.15) is 0 Å². The molecule has 1 aromatic carbocycles. The van der Waals surface area contributed by atoms with Gasteiger partial charge in [0.2, 0.25) is 0 Å². The highest BCUT2D eigenvalue weighted by molar-refractivity contribution is 5.33. The van der Waals surface area contributed by atoms with Gasteiger partial charge in [0.25, 0.3) is 0 Å². The first-order chi connectivity index (χ1) is 9.50. The highest BCUT2D eigenvalue weighted by atomic mass is 15.0. The Morgan fingerprint density at radius 3 is 2.20 bits per heavy atom. The van der Waals surface area contributed by atoms with Crippen molar-refractivity contribution in [2.45, 2.75) is 65.0 Å². The normalized spacial score (nSPS) is 38.4. The standard InChI is InChI=1S/C19H27N/c1-18(2)15-8-9-19(18,3)17(12-15)20-16-10-13-6-4-5-7-14(13)11-16/h4-7,15-17,20H,8-12H2,1-3H3. The van der Waals surface area contributed by atoms with E-state index in [1.54, 1.807) is 11.1 Å². The number of hydrogen-bond acceptors (Lipinski definition) is 1. The highest BCUT2D eigenvalue weighted by Gasteiger charge is 2.61. The molecule has 0 aliphatic heterocycles. The fourth-order valence-corrected chi connectivity index (χ4v) is 5.42. The lowest BCUT2D eigenvalue weighted by Crippen LogP contribution is -2.48. The molecular weight excluding hydrogens is 242 g/mol. The van der Waals surface area contributed by atoms with Crippen LogP contribution in [0.4, 0.5) is 0 Å². The van der Waals surface area contributed by atoms with Crippen molar-refractivity contribution < 1.29 is 0 Å². The number of rotatable bonds is 2. The van der Waals surface area contributed by atoms with E-state index in [1.165, 1.54) is 32.1 Å². The molecule has 1 nitrogen and oxygen atoms in total. The smallest absolute Gasteiger partial charge is 0.0151 e. The maximum absolute atomic E-state index is 4.05. The van der Waals surface area contributed by atoms with Gasteiger partial charge < -0.3 is 5.32 Å². The SMILES string of the molecule is CC1(C)C2CCC1(C)C(NC1Cc3ccccc3C1)C2. The van der Waals surface area contributed by atoms with Crippen LogP contribution in [0, 0.1) is 16.7 Å². The minimum absolute atomic E-state index is 0.506. The first-order valence-electron chi connectivity index (χ1n) is 8.33. The Morgan fingerprint density at radius 1 is 1.05 bits per heavy atom. The van der Waals surface area contributed by atoms with Gasteiger partial charge in [0.05, 0.1) is 0 Å². The Labute approximate surface area is 123 Å². The van der Waals surface area contributed by atoms with Crippen molar-refractivity contribution >= 4 is 0 Å². The summed E-state index contributed by atoms with van der Waals surface area (Å²) in [5.74, 6) is 0.939. The molecule has 0 saturated heterocycles. The molecule has 108 valence electrons.